The average molecular weight is 411 g/mol. The van der Waals surface area contributed by atoms with E-state index < -0.39 is 6.04 Å². The van der Waals surface area contributed by atoms with E-state index in [0.717, 1.165) is 11.1 Å². The molecule has 146 valence electrons. The molecule has 9 heteroatoms. The molecule has 2 N–H and O–H groups in total. The van der Waals surface area contributed by atoms with Crippen molar-refractivity contribution in [3.05, 3.63) is 53.7 Å². The first kappa shape index (κ1) is 17.6. The lowest BCUT2D eigenvalue weighted by atomic mass is 10.1. The number of hydrogen-bond donors (Lipinski definition) is 2. The van der Waals surface area contributed by atoms with E-state index >= 15 is 0 Å². The third-order valence-corrected chi connectivity index (χ3v) is 5.08. The number of halogens is 1. The Balaban J connectivity index is 1.33. The van der Waals surface area contributed by atoms with Crippen molar-refractivity contribution in [2.75, 3.05) is 17.4 Å². The lowest BCUT2D eigenvalue weighted by Gasteiger charge is -2.10. The van der Waals surface area contributed by atoms with Crippen molar-refractivity contribution in [2.24, 2.45) is 0 Å². The summed E-state index contributed by atoms with van der Waals surface area (Å²) in [6.45, 7) is 0.160. The Labute approximate surface area is 170 Å². The van der Waals surface area contributed by atoms with Gasteiger partial charge < -0.3 is 20.1 Å². The first-order valence-electron chi connectivity index (χ1n) is 8.92. The third kappa shape index (κ3) is 3.17. The minimum atomic E-state index is -0.722. The molecule has 1 atom stereocenters. The summed E-state index contributed by atoms with van der Waals surface area (Å²) in [5, 5.41) is 10.6. The van der Waals surface area contributed by atoms with E-state index in [1.165, 1.54) is 0 Å². The van der Waals surface area contributed by atoms with Gasteiger partial charge in [0.1, 0.15) is 11.9 Å². The van der Waals surface area contributed by atoms with Gasteiger partial charge >= 0.3 is 0 Å². The first-order chi connectivity index (χ1) is 14.1. The standard InChI is InChI=1S/C20H15ClN4O4/c21-12-3-1-11(2-4-12)14-9-22-25-15(20(27)24-19(14)25)8-18(26)23-13-5-6-16-17(7-13)29-10-28-16/h1-7,9,15H,8,10H2,(H,23,26)(H,24,27). The van der Waals surface area contributed by atoms with Gasteiger partial charge in [-0.2, -0.15) is 5.10 Å². The van der Waals surface area contributed by atoms with Crippen LogP contribution in [0.1, 0.15) is 12.5 Å². The second-order valence-corrected chi connectivity index (χ2v) is 7.12. The summed E-state index contributed by atoms with van der Waals surface area (Å²) in [4.78, 5) is 25.0. The Bertz CT molecular complexity index is 1130. The van der Waals surface area contributed by atoms with E-state index in [1.807, 2.05) is 12.1 Å². The van der Waals surface area contributed by atoms with E-state index in [2.05, 4.69) is 15.7 Å². The van der Waals surface area contributed by atoms with Crippen molar-refractivity contribution >= 4 is 34.9 Å². The number of amides is 2. The highest BCUT2D eigenvalue weighted by Gasteiger charge is 2.35. The normalized spacial score (nSPS) is 16.4. The zero-order valence-electron chi connectivity index (χ0n) is 15.0. The molecular formula is C20H15ClN4O4. The van der Waals surface area contributed by atoms with Crippen LogP contribution in [0.25, 0.3) is 11.1 Å². The largest absolute Gasteiger partial charge is 0.454 e. The van der Waals surface area contributed by atoms with Gasteiger partial charge in [0.05, 0.1) is 12.6 Å². The van der Waals surface area contributed by atoms with Crippen LogP contribution < -0.4 is 20.1 Å². The molecule has 2 aliphatic heterocycles. The minimum Gasteiger partial charge on any atom is -0.454 e. The first-order valence-corrected chi connectivity index (χ1v) is 9.30. The lowest BCUT2D eigenvalue weighted by molar-refractivity contribution is -0.123. The summed E-state index contributed by atoms with van der Waals surface area (Å²) in [6.07, 6.45) is 1.62. The van der Waals surface area contributed by atoms with Crippen LogP contribution in [0.3, 0.4) is 0 Å². The van der Waals surface area contributed by atoms with Crippen molar-refractivity contribution in [2.45, 2.75) is 12.5 Å². The number of hydrogen-bond acceptors (Lipinski definition) is 5. The molecule has 29 heavy (non-hydrogen) atoms. The number of aromatic nitrogens is 2. The van der Waals surface area contributed by atoms with Gasteiger partial charge in [0.25, 0.3) is 5.91 Å². The zero-order chi connectivity index (χ0) is 20.0. The van der Waals surface area contributed by atoms with E-state index in [4.69, 9.17) is 21.1 Å². The summed E-state index contributed by atoms with van der Waals surface area (Å²) < 4.78 is 12.1. The second-order valence-electron chi connectivity index (χ2n) is 6.68. The predicted molar refractivity (Wildman–Crippen MR) is 106 cm³/mol. The SMILES string of the molecule is O=C(CC1C(=O)Nc2c(-c3ccc(Cl)cc3)cnn21)Nc1ccc2c(c1)OCO2. The van der Waals surface area contributed by atoms with E-state index in [0.29, 0.717) is 28.0 Å². The lowest BCUT2D eigenvalue weighted by Crippen LogP contribution is -2.23. The fraction of sp³-hybridized carbons (Fsp3) is 0.150. The van der Waals surface area contributed by atoms with Crippen LogP contribution in [0.5, 0.6) is 11.5 Å². The van der Waals surface area contributed by atoms with Crippen LogP contribution in [0.15, 0.2) is 48.7 Å². The number of fused-ring (bicyclic) bond motifs is 2. The maximum absolute atomic E-state index is 12.5. The van der Waals surface area contributed by atoms with Crippen molar-refractivity contribution in [1.29, 1.82) is 0 Å². The number of nitrogens with zero attached hydrogens (tertiary/aromatic N) is 2. The maximum Gasteiger partial charge on any atom is 0.251 e. The van der Waals surface area contributed by atoms with Crippen LogP contribution in [0.2, 0.25) is 5.02 Å². The summed E-state index contributed by atoms with van der Waals surface area (Å²) >= 11 is 5.94. The van der Waals surface area contributed by atoms with Gasteiger partial charge in [-0.25, -0.2) is 4.68 Å². The molecule has 0 saturated carbocycles. The summed E-state index contributed by atoms with van der Waals surface area (Å²) in [5.74, 6) is 1.19. The second kappa shape index (κ2) is 6.82. The zero-order valence-corrected chi connectivity index (χ0v) is 15.8. The van der Waals surface area contributed by atoms with Crippen LogP contribution in [-0.2, 0) is 9.59 Å². The molecule has 1 aromatic heterocycles. The Morgan fingerprint density at radius 1 is 1.21 bits per heavy atom. The molecule has 0 radical (unpaired) electrons. The number of nitrogens with one attached hydrogen (secondary N) is 2. The Hall–Kier alpha value is -3.52. The molecule has 3 heterocycles. The van der Waals surface area contributed by atoms with Gasteiger partial charge in [-0.05, 0) is 29.8 Å². The van der Waals surface area contributed by atoms with Crippen molar-refractivity contribution in [3.8, 4) is 22.6 Å². The smallest absolute Gasteiger partial charge is 0.251 e. The molecule has 8 nitrogen and oxygen atoms in total. The molecule has 2 amide bonds. The highest BCUT2D eigenvalue weighted by molar-refractivity contribution is 6.30. The molecule has 0 aliphatic carbocycles. The summed E-state index contributed by atoms with van der Waals surface area (Å²) in [6, 6.07) is 11.7. The molecule has 2 aliphatic rings. The Morgan fingerprint density at radius 2 is 2.00 bits per heavy atom. The molecule has 0 saturated heterocycles. The highest BCUT2D eigenvalue weighted by Crippen LogP contribution is 2.37. The number of ether oxygens (including phenoxy) is 2. The summed E-state index contributed by atoms with van der Waals surface area (Å²) in [5.41, 5.74) is 2.22. The third-order valence-electron chi connectivity index (χ3n) is 4.83. The van der Waals surface area contributed by atoms with Gasteiger partial charge in [-0.15, -0.1) is 0 Å². The monoisotopic (exact) mass is 410 g/mol. The van der Waals surface area contributed by atoms with Crippen molar-refractivity contribution in [1.82, 2.24) is 9.78 Å². The van der Waals surface area contributed by atoms with E-state index in [1.54, 1.807) is 41.2 Å². The molecular weight excluding hydrogens is 396 g/mol. The topological polar surface area (TPSA) is 94.5 Å². The average Bonchev–Trinajstić information content (AvgIpc) is 3.39. The summed E-state index contributed by atoms with van der Waals surface area (Å²) in [7, 11) is 0. The molecule has 3 aromatic rings. The molecule has 0 spiro atoms. The number of carbonyl (C=O) groups excluding carboxylic acids is 2. The quantitative estimate of drug-likeness (QED) is 0.687. The van der Waals surface area contributed by atoms with E-state index in [-0.39, 0.29) is 25.0 Å². The van der Waals surface area contributed by atoms with Gasteiger partial charge in [0, 0.05) is 22.3 Å². The highest BCUT2D eigenvalue weighted by atomic mass is 35.5. The molecule has 0 bridgehead atoms. The molecule has 1 unspecified atom stereocenters. The predicted octanol–water partition coefficient (Wildman–Crippen LogP) is 3.45. The minimum absolute atomic E-state index is 0.0466. The maximum atomic E-state index is 12.5. The number of anilines is 2. The van der Waals surface area contributed by atoms with Gasteiger partial charge in [-0.3, -0.25) is 9.59 Å². The number of rotatable bonds is 4. The number of benzene rings is 2. The van der Waals surface area contributed by atoms with Gasteiger partial charge in [0.2, 0.25) is 12.7 Å². The van der Waals surface area contributed by atoms with Crippen LogP contribution in [0.4, 0.5) is 11.5 Å². The fourth-order valence-electron chi connectivity index (χ4n) is 3.42. The fourth-order valence-corrected chi connectivity index (χ4v) is 3.54. The van der Waals surface area contributed by atoms with Gasteiger partial charge in [-0.1, -0.05) is 23.7 Å². The Kier molecular flexibility index (Phi) is 4.13. The van der Waals surface area contributed by atoms with E-state index in [9.17, 15) is 9.59 Å². The molecule has 5 rings (SSSR count). The molecule has 2 aromatic carbocycles. The van der Waals surface area contributed by atoms with Crippen LogP contribution in [0, 0.1) is 0 Å². The number of carbonyl (C=O) groups is 2. The van der Waals surface area contributed by atoms with Gasteiger partial charge in [0.15, 0.2) is 11.5 Å². The van der Waals surface area contributed by atoms with Crippen molar-refractivity contribution < 1.29 is 19.1 Å². The van der Waals surface area contributed by atoms with Crippen LogP contribution in [-0.4, -0.2) is 28.4 Å². The molecule has 0 fully saturated rings. The van der Waals surface area contributed by atoms with Crippen molar-refractivity contribution in [3.63, 3.8) is 0 Å². The van der Waals surface area contributed by atoms with Crippen LogP contribution >= 0.6 is 11.6 Å². The Morgan fingerprint density at radius 3 is 2.83 bits per heavy atom.